The Balaban J connectivity index is 1.94. The van der Waals surface area contributed by atoms with Gasteiger partial charge in [-0.05, 0) is 31.4 Å². The van der Waals surface area contributed by atoms with Gasteiger partial charge in [-0.1, -0.05) is 30.3 Å². The van der Waals surface area contributed by atoms with Crippen LogP contribution in [0.5, 0.6) is 0 Å². The molecule has 4 nitrogen and oxygen atoms in total. The van der Waals surface area contributed by atoms with Crippen molar-refractivity contribution in [3.05, 3.63) is 58.8 Å². The Morgan fingerprint density at radius 1 is 1.27 bits per heavy atom. The van der Waals surface area contributed by atoms with Gasteiger partial charge in [-0.25, -0.2) is 4.98 Å². The number of Topliss-reactive ketones (excluding diaryl/α,β-unsaturated/α-hetero) is 1. The number of pyridine rings is 1. The Labute approximate surface area is 129 Å². The minimum atomic E-state index is 0.0399. The normalized spacial score (nSPS) is 14.8. The van der Waals surface area contributed by atoms with Gasteiger partial charge in [-0.15, -0.1) is 0 Å². The SMILES string of the molecule is CC(Nc1nc2c(cc1C#N)C(=O)CCC2)c1ccccc1. The maximum Gasteiger partial charge on any atom is 0.164 e. The lowest BCUT2D eigenvalue weighted by Crippen LogP contribution is -2.16. The maximum absolute atomic E-state index is 11.9. The van der Waals surface area contributed by atoms with Crippen LogP contribution < -0.4 is 5.32 Å². The second kappa shape index (κ2) is 5.98. The van der Waals surface area contributed by atoms with E-state index < -0.39 is 0 Å². The van der Waals surface area contributed by atoms with E-state index in [1.54, 1.807) is 6.07 Å². The van der Waals surface area contributed by atoms with Gasteiger partial charge in [0.25, 0.3) is 0 Å². The summed E-state index contributed by atoms with van der Waals surface area (Å²) in [6, 6.07) is 13.9. The van der Waals surface area contributed by atoms with E-state index in [0.717, 1.165) is 24.1 Å². The average Bonchev–Trinajstić information content (AvgIpc) is 2.55. The van der Waals surface area contributed by atoms with Crippen molar-refractivity contribution in [2.24, 2.45) is 0 Å². The van der Waals surface area contributed by atoms with Gasteiger partial charge in [0.1, 0.15) is 11.9 Å². The van der Waals surface area contributed by atoms with E-state index >= 15 is 0 Å². The molecule has 3 rings (SSSR count). The number of carbonyl (C=O) groups is 1. The second-order valence-corrected chi connectivity index (χ2v) is 5.54. The smallest absolute Gasteiger partial charge is 0.164 e. The molecule has 1 N–H and O–H groups in total. The van der Waals surface area contributed by atoms with E-state index in [1.807, 2.05) is 37.3 Å². The van der Waals surface area contributed by atoms with Gasteiger partial charge in [-0.3, -0.25) is 4.79 Å². The molecular formula is C18H17N3O. The molecule has 0 saturated carbocycles. The Morgan fingerprint density at radius 2 is 2.05 bits per heavy atom. The van der Waals surface area contributed by atoms with E-state index in [4.69, 9.17) is 0 Å². The molecule has 0 spiro atoms. The van der Waals surface area contributed by atoms with Crippen molar-refractivity contribution in [3.63, 3.8) is 0 Å². The molecule has 4 heteroatoms. The number of anilines is 1. The Bertz CT molecular complexity index is 747. The number of fused-ring (bicyclic) bond motifs is 1. The molecule has 0 radical (unpaired) electrons. The Hall–Kier alpha value is -2.67. The van der Waals surface area contributed by atoms with Crippen LogP contribution in [0.3, 0.4) is 0 Å². The van der Waals surface area contributed by atoms with Crippen LogP contribution in [0.1, 0.15) is 53.0 Å². The first kappa shape index (κ1) is 14.3. The van der Waals surface area contributed by atoms with E-state index in [2.05, 4.69) is 16.4 Å². The molecule has 1 aromatic heterocycles. The number of nitrogens with one attached hydrogen (secondary N) is 1. The summed E-state index contributed by atoms with van der Waals surface area (Å²) < 4.78 is 0. The molecule has 1 aromatic carbocycles. The zero-order valence-electron chi connectivity index (χ0n) is 12.5. The first-order valence-electron chi connectivity index (χ1n) is 7.47. The van der Waals surface area contributed by atoms with E-state index in [1.165, 1.54) is 0 Å². The quantitative estimate of drug-likeness (QED) is 0.937. The van der Waals surface area contributed by atoms with Crippen molar-refractivity contribution < 1.29 is 4.79 Å². The molecule has 0 amide bonds. The predicted octanol–water partition coefficient (Wildman–Crippen LogP) is 3.65. The third-order valence-electron chi connectivity index (χ3n) is 3.99. The average molecular weight is 291 g/mol. The molecule has 0 bridgehead atoms. The summed E-state index contributed by atoms with van der Waals surface area (Å²) in [5.41, 5.74) is 2.97. The van der Waals surface area contributed by atoms with E-state index in [-0.39, 0.29) is 11.8 Å². The number of benzene rings is 1. The molecule has 1 heterocycles. The molecule has 0 aliphatic heterocycles. The molecule has 2 aromatic rings. The molecule has 0 fully saturated rings. The number of carbonyl (C=O) groups excluding carboxylic acids is 1. The van der Waals surface area contributed by atoms with Crippen LogP contribution in [0.2, 0.25) is 0 Å². The molecule has 0 saturated heterocycles. The fraction of sp³-hybridized carbons (Fsp3) is 0.278. The molecule has 22 heavy (non-hydrogen) atoms. The highest BCUT2D eigenvalue weighted by Gasteiger charge is 2.21. The van der Waals surface area contributed by atoms with Crippen LogP contribution in [-0.2, 0) is 6.42 Å². The van der Waals surface area contributed by atoms with Crippen LogP contribution in [-0.4, -0.2) is 10.8 Å². The number of nitrogens with zero attached hydrogens (tertiary/aromatic N) is 2. The number of nitriles is 1. The van der Waals surface area contributed by atoms with Crippen molar-refractivity contribution in [2.45, 2.75) is 32.2 Å². The molecular weight excluding hydrogens is 274 g/mol. The van der Waals surface area contributed by atoms with Crippen LogP contribution in [0, 0.1) is 11.3 Å². The lowest BCUT2D eigenvalue weighted by molar-refractivity contribution is 0.0971. The van der Waals surface area contributed by atoms with Crippen LogP contribution >= 0.6 is 0 Å². The van der Waals surface area contributed by atoms with Gasteiger partial charge in [0.2, 0.25) is 0 Å². The highest BCUT2D eigenvalue weighted by Crippen LogP contribution is 2.26. The maximum atomic E-state index is 11.9. The standard InChI is InChI=1S/C18H17N3O/c1-12(13-6-3-2-4-7-13)20-18-14(11-19)10-15-16(21-18)8-5-9-17(15)22/h2-4,6-7,10,12H,5,8-9H2,1H3,(H,20,21). The number of ketones is 1. The lowest BCUT2D eigenvalue weighted by Gasteiger charge is -2.19. The first-order chi connectivity index (χ1) is 10.7. The fourth-order valence-corrected chi connectivity index (χ4v) is 2.76. The van der Waals surface area contributed by atoms with Gasteiger partial charge < -0.3 is 5.32 Å². The van der Waals surface area contributed by atoms with Crippen LogP contribution in [0.25, 0.3) is 0 Å². The van der Waals surface area contributed by atoms with Crippen molar-refractivity contribution in [2.75, 3.05) is 5.32 Å². The summed E-state index contributed by atoms with van der Waals surface area (Å²) in [5.74, 6) is 0.653. The van der Waals surface area contributed by atoms with Crippen molar-refractivity contribution in [3.8, 4) is 6.07 Å². The largest absolute Gasteiger partial charge is 0.362 e. The van der Waals surface area contributed by atoms with Gasteiger partial charge in [0, 0.05) is 18.0 Å². The minimum absolute atomic E-state index is 0.0399. The number of aryl methyl sites for hydroxylation is 1. The summed E-state index contributed by atoms with van der Waals surface area (Å²) >= 11 is 0. The Morgan fingerprint density at radius 3 is 2.77 bits per heavy atom. The van der Waals surface area contributed by atoms with Gasteiger partial charge in [0.15, 0.2) is 5.78 Å². The second-order valence-electron chi connectivity index (χ2n) is 5.54. The van der Waals surface area contributed by atoms with Crippen molar-refractivity contribution >= 4 is 11.6 Å². The summed E-state index contributed by atoms with van der Waals surface area (Å²) in [6.45, 7) is 2.03. The molecule has 1 aliphatic carbocycles. The zero-order valence-corrected chi connectivity index (χ0v) is 12.5. The summed E-state index contributed by atoms with van der Waals surface area (Å²) in [6.07, 6.45) is 2.17. The van der Waals surface area contributed by atoms with E-state index in [0.29, 0.717) is 23.4 Å². The van der Waals surface area contributed by atoms with Gasteiger partial charge >= 0.3 is 0 Å². The Kier molecular flexibility index (Phi) is 3.88. The van der Waals surface area contributed by atoms with Crippen molar-refractivity contribution in [1.29, 1.82) is 5.26 Å². The third kappa shape index (κ3) is 2.71. The summed E-state index contributed by atoms with van der Waals surface area (Å²) in [7, 11) is 0. The predicted molar refractivity (Wildman–Crippen MR) is 84.7 cm³/mol. The number of rotatable bonds is 3. The highest BCUT2D eigenvalue weighted by atomic mass is 16.1. The van der Waals surface area contributed by atoms with Crippen LogP contribution in [0.4, 0.5) is 5.82 Å². The van der Waals surface area contributed by atoms with Gasteiger partial charge in [-0.2, -0.15) is 5.26 Å². The summed E-state index contributed by atoms with van der Waals surface area (Å²) in [4.78, 5) is 16.5. The molecule has 1 aliphatic rings. The number of hydrogen-bond donors (Lipinski definition) is 1. The van der Waals surface area contributed by atoms with Gasteiger partial charge in [0.05, 0.1) is 11.3 Å². The minimum Gasteiger partial charge on any atom is -0.362 e. The highest BCUT2D eigenvalue weighted by molar-refractivity contribution is 5.98. The first-order valence-corrected chi connectivity index (χ1v) is 7.47. The summed E-state index contributed by atoms with van der Waals surface area (Å²) in [5, 5.41) is 12.6. The number of hydrogen-bond acceptors (Lipinski definition) is 4. The van der Waals surface area contributed by atoms with Crippen LogP contribution in [0.15, 0.2) is 36.4 Å². The van der Waals surface area contributed by atoms with Crippen molar-refractivity contribution in [1.82, 2.24) is 4.98 Å². The molecule has 1 atom stereocenters. The lowest BCUT2D eigenvalue weighted by atomic mass is 9.93. The molecule has 110 valence electrons. The van der Waals surface area contributed by atoms with E-state index in [9.17, 15) is 10.1 Å². The topological polar surface area (TPSA) is 65.8 Å². The third-order valence-corrected chi connectivity index (χ3v) is 3.99. The molecule has 1 unspecified atom stereocenters. The number of aromatic nitrogens is 1. The zero-order chi connectivity index (χ0) is 15.5. The monoisotopic (exact) mass is 291 g/mol. The fourth-order valence-electron chi connectivity index (χ4n) is 2.76.